The van der Waals surface area contributed by atoms with Crippen molar-refractivity contribution < 1.29 is 9.21 Å². The van der Waals surface area contributed by atoms with Crippen LogP contribution >= 0.6 is 27.7 Å². The van der Waals surface area contributed by atoms with Crippen molar-refractivity contribution in [2.24, 2.45) is 10.1 Å². The molecule has 0 radical (unpaired) electrons. The van der Waals surface area contributed by atoms with E-state index in [-0.39, 0.29) is 5.91 Å². The molecule has 2 aliphatic rings. The number of amidine groups is 1. The summed E-state index contributed by atoms with van der Waals surface area (Å²) in [5.41, 5.74) is 0.503. The van der Waals surface area contributed by atoms with Crippen LogP contribution in [0.25, 0.3) is 11.8 Å². The first kappa shape index (κ1) is 20.0. The summed E-state index contributed by atoms with van der Waals surface area (Å²) >= 11 is 5.06. The van der Waals surface area contributed by atoms with E-state index in [1.54, 1.807) is 23.0 Å². The van der Waals surface area contributed by atoms with Crippen molar-refractivity contribution in [3.05, 3.63) is 63.5 Å². The summed E-state index contributed by atoms with van der Waals surface area (Å²) < 4.78 is 6.27. The van der Waals surface area contributed by atoms with E-state index < -0.39 is 6.17 Å². The van der Waals surface area contributed by atoms with Crippen LogP contribution in [-0.4, -0.2) is 28.0 Å². The Balaban J connectivity index is 1.72. The number of rotatable bonds is 6. The Kier molecular flexibility index (Phi) is 6.20. The first-order chi connectivity index (χ1) is 14.2. The SMILES string of the molecule is CCCCCSC1=NN2C(=c3cc(Br)ccc3=N[C@@H]2/C=C/c2ccco2)C(=O)N1. The van der Waals surface area contributed by atoms with Gasteiger partial charge in [0.25, 0.3) is 5.91 Å². The van der Waals surface area contributed by atoms with E-state index in [1.165, 1.54) is 6.42 Å². The highest BCUT2D eigenvalue weighted by molar-refractivity contribution is 9.10. The molecule has 1 aromatic heterocycles. The third kappa shape index (κ3) is 4.48. The number of thioether (sulfide) groups is 1. The minimum absolute atomic E-state index is 0.163. The molecule has 0 saturated heterocycles. The summed E-state index contributed by atoms with van der Waals surface area (Å²) in [6.45, 7) is 2.17. The minimum Gasteiger partial charge on any atom is -0.465 e. The molecule has 29 heavy (non-hydrogen) atoms. The molecule has 1 N–H and O–H groups in total. The lowest BCUT2D eigenvalue weighted by Crippen LogP contribution is -2.52. The topological polar surface area (TPSA) is 70.2 Å². The fourth-order valence-corrected chi connectivity index (χ4v) is 4.37. The fourth-order valence-electron chi connectivity index (χ4n) is 3.16. The lowest BCUT2D eigenvalue weighted by atomic mass is 10.1. The number of unbranched alkanes of at least 4 members (excludes halogenated alkanes) is 2. The average Bonchev–Trinajstić information content (AvgIpc) is 3.23. The highest BCUT2D eigenvalue weighted by atomic mass is 79.9. The molecule has 2 aliphatic heterocycles. The Bertz CT molecular complexity index is 1080. The Hall–Kier alpha value is -2.32. The van der Waals surface area contributed by atoms with Crippen LogP contribution in [0.5, 0.6) is 0 Å². The number of amides is 1. The molecule has 3 heterocycles. The number of nitrogens with one attached hydrogen (secondary N) is 1. The number of carbonyl (C=O) groups is 1. The van der Waals surface area contributed by atoms with Crippen molar-refractivity contribution in [1.29, 1.82) is 0 Å². The zero-order valence-electron chi connectivity index (χ0n) is 16.0. The van der Waals surface area contributed by atoms with Crippen molar-refractivity contribution in [3.63, 3.8) is 0 Å². The Labute approximate surface area is 181 Å². The number of fused-ring (bicyclic) bond motifs is 2. The van der Waals surface area contributed by atoms with Gasteiger partial charge in [-0.05, 0) is 48.9 Å². The van der Waals surface area contributed by atoms with Gasteiger partial charge in [0, 0.05) is 15.4 Å². The van der Waals surface area contributed by atoms with Gasteiger partial charge in [-0.3, -0.25) is 15.1 Å². The summed E-state index contributed by atoms with van der Waals surface area (Å²) in [6, 6.07) is 9.44. The lowest BCUT2D eigenvalue weighted by molar-refractivity contribution is -0.116. The zero-order chi connectivity index (χ0) is 20.2. The molecule has 6 nitrogen and oxygen atoms in total. The molecular formula is C21H21BrN4O2S. The first-order valence-corrected chi connectivity index (χ1v) is 11.3. The van der Waals surface area contributed by atoms with Gasteiger partial charge in [-0.15, -0.1) is 5.10 Å². The standard InChI is InChI=1S/C21H21BrN4O2S/c1-2-3-4-12-29-21-24-20(27)19-16-13-14(22)7-9-17(16)23-18(26(19)25-21)10-8-15-6-5-11-28-15/h5-11,13,18H,2-4,12H2,1H3,(H,24,25,27)/b10-8+/t18-/m0/s1. The maximum Gasteiger partial charge on any atom is 0.276 e. The van der Waals surface area contributed by atoms with E-state index in [1.807, 2.05) is 42.5 Å². The molecule has 1 atom stereocenters. The van der Waals surface area contributed by atoms with E-state index in [2.05, 4.69) is 28.2 Å². The summed E-state index contributed by atoms with van der Waals surface area (Å²) in [5.74, 6) is 1.48. The fraction of sp³-hybridized carbons (Fsp3) is 0.286. The molecule has 0 bridgehead atoms. The molecule has 0 unspecified atom stereocenters. The molecule has 0 aliphatic carbocycles. The highest BCUT2D eigenvalue weighted by Gasteiger charge is 2.32. The second-order valence-corrected chi connectivity index (χ2v) is 8.69. The van der Waals surface area contributed by atoms with E-state index in [9.17, 15) is 4.79 Å². The van der Waals surface area contributed by atoms with E-state index in [0.29, 0.717) is 10.9 Å². The lowest BCUT2D eigenvalue weighted by Gasteiger charge is -2.32. The van der Waals surface area contributed by atoms with Gasteiger partial charge in [0.05, 0.1) is 11.6 Å². The van der Waals surface area contributed by atoms with Gasteiger partial charge < -0.3 is 4.42 Å². The van der Waals surface area contributed by atoms with Gasteiger partial charge in [0.2, 0.25) is 0 Å². The first-order valence-electron chi connectivity index (χ1n) is 9.57. The van der Waals surface area contributed by atoms with Crippen molar-refractivity contribution >= 4 is 50.5 Å². The third-order valence-corrected chi connectivity index (χ3v) is 6.00. The van der Waals surface area contributed by atoms with Gasteiger partial charge in [0.1, 0.15) is 11.5 Å². The number of nitrogens with zero attached hydrogens (tertiary/aromatic N) is 3. The Morgan fingerprint density at radius 1 is 1.34 bits per heavy atom. The normalized spacial score (nSPS) is 18.2. The number of hydrazone groups is 1. The zero-order valence-corrected chi connectivity index (χ0v) is 18.4. The molecule has 0 spiro atoms. The number of hydrogen-bond donors (Lipinski definition) is 1. The smallest absolute Gasteiger partial charge is 0.276 e. The molecule has 0 saturated carbocycles. The second-order valence-electron chi connectivity index (χ2n) is 6.69. The van der Waals surface area contributed by atoms with Crippen molar-refractivity contribution in [3.8, 4) is 0 Å². The predicted octanol–water partition coefficient (Wildman–Crippen LogP) is 3.45. The van der Waals surface area contributed by atoms with Crippen molar-refractivity contribution in [2.45, 2.75) is 32.4 Å². The van der Waals surface area contributed by atoms with Gasteiger partial charge in [-0.1, -0.05) is 47.5 Å². The largest absolute Gasteiger partial charge is 0.465 e. The molecular weight excluding hydrogens is 452 g/mol. The third-order valence-electron chi connectivity index (χ3n) is 4.56. The van der Waals surface area contributed by atoms with Crippen LogP contribution in [0.4, 0.5) is 0 Å². The Morgan fingerprint density at radius 3 is 3.03 bits per heavy atom. The van der Waals surface area contributed by atoms with E-state index in [0.717, 1.165) is 39.4 Å². The van der Waals surface area contributed by atoms with Crippen LogP contribution in [0.2, 0.25) is 0 Å². The highest BCUT2D eigenvalue weighted by Crippen LogP contribution is 2.23. The van der Waals surface area contributed by atoms with Crippen molar-refractivity contribution in [2.75, 3.05) is 5.75 Å². The van der Waals surface area contributed by atoms with E-state index >= 15 is 0 Å². The van der Waals surface area contributed by atoms with Crippen LogP contribution in [0.15, 0.2) is 61.7 Å². The molecule has 150 valence electrons. The van der Waals surface area contributed by atoms with Gasteiger partial charge in [0.15, 0.2) is 11.3 Å². The number of halogens is 1. The van der Waals surface area contributed by atoms with Crippen LogP contribution in [0.1, 0.15) is 31.9 Å². The Morgan fingerprint density at radius 2 is 2.24 bits per heavy atom. The summed E-state index contributed by atoms with van der Waals surface area (Å²) in [6.07, 6.45) is 8.36. The number of hydrogen-bond acceptors (Lipinski definition) is 6. The predicted molar refractivity (Wildman–Crippen MR) is 119 cm³/mol. The average molecular weight is 473 g/mol. The molecule has 2 aromatic rings. The summed E-state index contributed by atoms with van der Waals surface area (Å²) in [7, 11) is 0. The molecule has 1 amide bonds. The molecule has 1 aromatic carbocycles. The monoisotopic (exact) mass is 472 g/mol. The van der Waals surface area contributed by atoms with Crippen LogP contribution in [0, 0.1) is 0 Å². The summed E-state index contributed by atoms with van der Waals surface area (Å²) in [4.78, 5) is 17.8. The number of carbonyl (C=O) groups excluding carboxylic acids is 1. The van der Waals surface area contributed by atoms with Crippen LogP contribution in [0.3, 0.4) is 0 Å². The maximum absolute atomic E-state index is 13.0. The molecule has 8 heteroatoms. The van der Waals surface area contributed by atoms with E-state index in [4.69, 9.17) is 14.5 Å². The van der Waals surface area contributed by atoms with Crippen LogP contribution in [-0.2, 0) is 4.79 Å². The summed E-state index contributed by atoms with van der Waals surface area (Å²) in [5, 5.41) is 11.5. The van der Waals surface area contributed by atoms with Crippen molar-refractivity contribution in [1.82, 2.24) is 10.3 Å². The molecule has 0 fully saturated rings. The van der Waals surface area contributed by atoms with Crippen LogP contribution < -0.4 is 15.9 Å². The maximum atomic E-state index is 13.0. The second kappa shape index (κ2) is 9.00. The van der Waals surface area contributed by atoms with Gasteiger partial charge >= 0.3 is 0 Å². The quantitative estimate of drug-likeness (QED) is 0.653. The van der Waals surface area contributed by atoms with Gasteiger partial charge in [-0.2, -0.15) is 0 Å². The number of benzene rings is 1. The molecule has 4 rings (SSSR count). The minimum atomic E-state index is -0.430. The number of furan rings is 1. The van der Waals surface area contributed by atoms with Gasteiger partial charge in [-0.25, -0.2) is 5.01 Å².